The summed E-state index contributed by atoms with van der Waals surface area (Å²) < 4.78 is 18.4. The first-order valence-corrected chi connectivity index (χ1v) is 8.87. The van der Waals surface area contributed by atoms with Crippen molar-refractivity contribution in [3.05, 3.63) is 53.8 Å². The van der Waals surface area contributed by atoms with E-state index < -0.39 is 17.0 Å². The average Bonchev–Trinajstić information content (AvgIpc) is 2.67. The molecule has 1 N–H and O–H groups in total. The van der Waals surface area contributed by atoms with Crippen molar-refractivity contribution in [1.82, 2.24) is 9.97 Å². The SMILES string of the molecule is COC(=O)C(C)Sc1nc(Nc2ccc(C#N)cc2)c2ccc(F)cc2n1. The van der Waals surface area contributed by atoms with E-state index in [1.54, 1.807) is 37.3 Å². The molecule has 8 heteroatoms. The van der Waals surface area contributed by atoms with Gasteiger partial charge in [-0.25, -0.2) is 14.4 Å². The highest BCUT2D eigenvalue weighted by Gasteiger charge is 2.18. The minimum atomic E-state index is -0.510. The summed E-state index contributed by atoms with van der Waals surface area (Å²) in [7, 11) is 1.31. The van der Waals surface area contributed by atoms with Crippen molar-refractivity contribution < 1.29 is 13.9 Å². The van der Waals surface area contributed by atoms with Gasteiger partial charge >= 0.3 is 5.97 Å². The summed E-state index contributed by atoms with van der Waals surface area (Å²) in [6.45, 7) is 1.68. The highest BCUT2D eigenvalue weighted by atomic mass is 32.2. The number of benzene rings is 2. The molecule has 1 heterocycles. The van der Waals surface area contributed by atoms with Crippen molar-refractivity contribution in [1.29, 1.82) is 5.26 Å². The number of thioether (sulfide) groups is 1. The molecule has 0 aliphatic carbocycles. The summed E-state index contributed by atoms with van der Waals surface area (Å²) in [5, 5.41) is 12.5. The third-order valence-electron chi connectivity index (χ3n) is 3.73. The molecule has 0 saturated heterocycles. The quantitative estimate of drug-likeness (QED) is 0.405. The summed E-state index contributed by atoms with van der Waals surface area (Å²) >= 11 is 1.13. The number of hydrogen-bond acceptors (Lipinski definition) is 7. The number of anilines is 2. The number of nitrogens with one attached hydrogen (secondary N) is 1. The molecular weight excluding hydrogens is 367 g/mol. The van der Waals surface area contributed by atoms with Crippen LogP contribution in [0, 0.1) is 17.1 Å². The predicted octanol–water partition coefficient (Wildman–Crippen LogP) is 4.04. The third kappa shape index (κ3) is 4.33. The van der Waals surface area contributed by atoms with Crippen LogP contribution in [-0.4, -0.2) is 28.3 Å². The van der Waals surface area contributed by atoms with Crippen LogP contribution in [0.5, 0.6) is 0 Å². The topological polar surface area (TPSA) is 87.9 Å². The highest BCUT2D eigenvalue weighted by Crippen LogP contribution is 2.29. The van der Waals surface area contributed by atoms with E-state index in [9.17, 15) is 9.18 Å². The third-order valence-corrected chi connectivity index (χ3v) is 4.67. The van der Waals surface area contributed by atoms with Crippen LogP contribution in [0.4, 0.5) is 15.9 Å². The largest absolute Gasteiger partial charge is 0.468 e. The number of fused-ring (bicyclic) bond motifs is 1. The minimum Gasteiger partial charge on any atom is -0.468 e. The molecular formula is C19H15FN4O2S. The number of methoxy groups -OCH3 is 1. The molecule has 1 aromatic heterocycles. The lowest BCUT2D eigenvalue weighted by Gasteiger charge is -2.12. The standard InChI is InChI=1S/C19H15FN4O2S/c1-11(18(25)26-2)27-19-23-16-9-13(20)5-8-15(16)17(24-19)22-14-6-3-12(10-21)4-7-14/h3-9,11H,1-2H3,(H,22,23,24). The number of aromatic nitrogens is 2. The Balaban J connectivity index is 2.00. The van der Waals surface area contributed by atoms with Gasteiger partial charge in [-0.05, 0) is 43.3 Å². The van der Waals surface area contributed by atoms with Crippen molar-refractivity contribution in [2.45, 2.75) is 17.3 Å². The molecule has 0 aliphatic rings. The van der Waals surface area contributed by atoms with Gasteiger partial charge in [-0.2, -0.15) is 5.26 Å². The Hall–Kier alpha value is -3.18. The van der Waals surface area contributed by atoms with E-state index in [4.69, 9.17) is 10.00 Å². The fourth-order valence-electron chi connectivity index (χ4n) is 2.37. The van der Waals surface area contributed by atoms with Crippen molar-refractivity contribution in [2.75, 3.05) is 12.4 Å². The van der Waals surface area contributed by atoms with Crippen LogP contribution in [0.3, 0.4) is 0 Å². The summed E-state index contributed by atoms with van der Waals surface area (Å²) in [6.07, 6.45) is 0. The Morgan fingerprint density at radius 2 is 2.00 bits per heavy atom. The summed E-state index contributed by atoms with van der Waals surface area (Å²) in [6, 6.07) is 13.2. The smallest absolute Gasteiger partial charge is 0.318 e. The lowest BCUT2D eigenvalue weighted by Crippen LogP contribution is -2.15. The Morgan fingerprint density at radius 3 is 2.67 bits per heavy atom. The molecule has 1 atom stereocenters. The second-order valence-electron chi connectivity index (χ2n) is 5.61. The lowest BCUT2D eigenvalue weighted by atomic mass is 10.2. The molecule has 0 fully saturated rings. The Bertz CT molecular complexity index is 1030. The van der Waals surface area contributed by atoms with Gasteiger partial charge in [0.25, 0.3) is 0 Å². The maximum Gasteiger partial charge on any atom is 0.318 e. The molecule has 3 rings (SSSR count). The van der Waals surface area contributed by atoms with Crippen molar-refractivity contribution in [3.8, 4) is 6.07 Å². The van der Waals surface area contributed by atoms with Crippen LogP contribution >= 0.6 is 11.8 Å². The van der Waals surface area contributed by atoms with Gasteiger partial charge in [0.2, 0.25) is 0 Å². The van der Waals surface area contributed by atoms with Gasteiger partial charge in [0, 0.05) is 17.1 Å². The van der Waals surface area contributed by atoms with Gasteiger partial charge in [0.1, 0.15) is 16.9 Å². The molecule has 0 spiro atoms. The predicted molar refractivity (Wildman–Crippen MR) is 101 cm³/mol. The summed E-state index contributed by atoms with van der Waals surface area (Å²) in [5.41, 5.74) is 1.68. The number of halogens is 1. The van der Waals surface area contributed by atoms with Gasteiger partial charge in [0.05, 0.1) is 24.3 Å². The molecule has 3 aromatic rings. The molecule has 0 bridgehead atoms. The molecule has 27 heavy (non-hydrogen) atoms. The molecule has 0 radical (unpaired) electrons. The Morgan fingerprint density at radius 1 is 1.26 bits per heavy atom. The first-order chi connectivity index (χ1) is 13.0. The van der Waals surface area contributed by atoms with Crippen LogP contribution in [-0.2, 0) is 9.53 Å². The Kier molecular flexibility index (Phi) is 5.52. The van der Waals surface area contributed by atoms with Gasteiger partial charge in [-0.15, -0.1) is 0 Å². The minimum absolute atomic E-state index is 0.321. The fraction of sp³-hybridized carbons (Fsp3) is 0.158. The summed E-state index contributed by atoms with van der Waals surface area (Å²) in [5.74, 6) is -0.337. The second kappa shape index (κ2) is 8.01. The van der Waals surface area contributed by atoms with Gasteiger partial charge < -0.3 is 10.1 Å². The maximum absolute atomic E-state index is 13.7. The number of carbonyl (C=O) groups excluding carboxylic acids is 1. The zero-order valence-corrected chi connectivity index (χ0v) is 15.4. The van der Waals surface area contributed by atoms with Gasteiger partial charge in [-0.1, -0.05) is 11.8 Å². The van der Waals surface area contributed by atoms with E-state index in [1.165, 1.54) is 19.2 Å². The van der Waals surface area contributed by atoms with E-state index >= 15 is 0 Å². The van der Waals surface area contributed by atoms with Crippen molar-refractivity contribution in [3.63, 3.8) is 0 Å². The van der Waals surface area contributed by atoms with Gasteiger partial charge in [-0.3, -0.25) is 4.79 Å². The normalized spacial score (nSPS) is 11.6. The zero-order valence-electron chi connectivity index (χ0n) is 14.6. The number of hydrogen-bond donors (Lipinski definition) is 1. The number of esters is 1. The highest BCUT2D eigenvalue weighted by molar-refractivity contribution is 8.00. The molecule has 1 unspecified atom stereocenters. The van der Waals surface area contributed by atoms with Crippen LogP contribution in [0.15, 0.2) is 47.6 Å². The Labute approximate surface area is 159 Å². The first-order valence-electron chi connectivity index (χ1n) is 7.99. The maximum atomic E-state index is 13.7. The molecule has 136 valence electrons. The monoisotopic (exact) mass is 382 g/mol. The lowest BCUT2D eigenvalue weighted by molar-refractivity contribution is -0.139. The van der Waals surface area contributed by atoms with E-state index in [-0.39, 0.29) is 0 Å². The van der Waals surface area contributed by atoms with Gasteiger partial charge in [0.15, 0.2) is 5.16 Å². The zero-order chi connectivity index (χ0) is 19.4. The fourth-order valence-corrected chi connectivity index (χ4v) is 3.17. The molecule has 0 amide bonds. The van der Waals surface area contributed by atoms with E-state index in [1.807, 2.05) is 0 Å². The van der Waals surface area contributed by atoms with Crippen LogP contribution < -0.4 is 5.32 Å². The number of carbonyl (C=O) groups is 1. The molecule has 0 aliphatic heterocycles. The van der Waals surface area contributed by atoms with E-state index in [0.717, 1.165) is 17.4 Å². The number of nitrogens with zero attached hydrogens (tertiary/aromatic N) is 3. The molecule has 2 aromatic carbocycles. The molecule has 6 nitrogen and oxygen atoms in total. The van der Waals surface area contributed by atoms with Crippen LogP contribution in [0.2, 0.25) is 0 Å². The molecule has 0 saturated carbocycles. The number of ether oxygens (including phenoxy) is 1. The first kappa shape index (κ1) is 18.6. The average molecular weight is 382 g/mol. The second-order valence-corrected chi connectivity index (χ2v) is 6.92. The van der Waals surface area contributed by atoms with Crippen LogP contribution in [0.1, 0.15) is 12.5 Å². The van der Waals surface area contributed by atoms with Crippen molar-refractivity contribution in [2.24, 2.45) is 0 Å². The van der Waals surface area contributed by atoms with E-state index in [0.29, 0.717) is 27.4 Å². The summed E-state index contributed by atoms with van der Waals surface area (Å²) in [4.78, 5) is 20.5. The van der Waals surface area contributed by atoms with Crippen molar-refractivity contribution >= 4 is 40.1 Å². The number of nitriles is 1. The van der Waals surface area contributed by atoms with Crippen LogP contribution in [0.25, 0.3) is 10.9 Å². The van der Waals surface area contributed by atoms with E-state index in [2.05, 4.69) is 21.4 Å². The number of rotatable bonds is 5.